The molecular formula is C14H12ClFO2. The summed E-state index contributed by atoms with van der Waals surface area (Å²) >= 11 is 5.69. The molecular weight excluding hydrogens is 255 g/mol. The summed E-state index contributed by atoms with van der Waals surface area (Å²) in [7, 11) is 1.56. The van der Waals surface area contributed by atoms with Gasteiger partial charge in [0.25, 0.3) is 0 Å². The average molecular weight is 267 g/mol. The molecule has 1 atom stereocenters. The topological polar surface area (TPSA) is 29.5 Å². The number of ether oxygens (including phenoxy) is 1. The molecule has 0 aliphatic heterocycles. The van der Waals surface area contributed by atoms with Crippen LogP contribution in [0.15, 0.2) is 42.5 Å². The van der Waals surface area contributed by atoms with E-state index < -0.39 is 11.9 Å². The molecule has 18 heavy (non-hydrogen) atoms. The van der Waals surface area contributed by atoms with Gasteiger partial charge in [0.15, 0.2) is 0 Å². The lowest BCUT2D eigenvalue weighted by atomic mass is 10.0. The summed E-state index contributed by atoms with van der Waals surface area (Å²) in [6.45, 7) is 0. The van der Waals surface area contributed by atoms with E-state index in [1.54, 1.807) is 37.4 Å². The van der Waals surface area contributed by atoms with Gasteiger partial charge in [0.2, 0.25) is 0 Å². The Labute approximate surface area is 110 Å². The molecule has 2 aromatic carbocycles. The van der Waals surface area contributed by atoms with Gasteiger partial charge in [-0.05, 0) is 23.8 Å². The monoisotopic (exact) mass is 266 g/mol. The van der Waals surface area contributed by atoms with E-state index in [4.69, 9.17) is 16.3 Å². The Balaban J connectivity index is 2.35. The largest absolute Gasteiger partial charge is 0.497 e. The fourth-order valence-corrected chi connectivity index (χ4v) is 1.88. The zero-order valence-corrected chi connectivity index (χ0v) is 10.5. The molecule has 0 amide bonds. The second kappa shape index (κ2) is 5.38. The highest BCUT2D eigenvalue weighted by atomic mass is 35.5. The number of hydrogen-bond donors (Lipinski definition) is 1. The number of benzene rings is 2. The van der Waals surface area contributed by atoms with Crippen molar-refractivity contribution in [3.63, 3.8) is 0 Å². The number of methoxy groups -OCH3 is 1. The molecule has 4 heteroatoms. The van der Waals surface area contributed by atoms with Gasteiger partial charge in [-0.2, -0.15) is 0 Å². The van der Waals surface area contributed by atoms with Gasteiger partial charge >= 0.3 is 0 Å². The molecule has 0 bridgehead atoms. The van der Waals surface area contributed by atoms with Crippen molar-refractivity contribution in [2.45, 2.75) is 6.10 Å². The third-order valence-corrected chi connectivity index (χ3v) is 3.00. The lowest BCUT2D eigenvalue weighted by molar-refractivity contribution is 0.215. The summed E-state index contributed by atoms with van der Waals surface area (Å²) in [6, 6.07) is 11.3. The van der Waals surface area contributed by atoms with Crippen molar-refractivity contribution < 1.29 is 14.2 Å². The predicted octanol–water partition coefficient (Wildman–Crippen LogP) is 3.57. The van der Waals surface area contributed by atoms with Crippen molar-refractivity contribution in [2.75, 3.05) is 7.11 Å². The minimum Gasteiger partial charge on any atom is -0.497 e. The number of aliphatic hydroxyl groups is 1. The Morgan fingerprint density at radius 3 is 2.44 bits per heavy atom. The van der Waals surface area contributed by atoms with Gasteiger partial charge in [-0.15, -0.1) is 0 Å². The van der Waals surface area contributed by atoms with Gasteiger partial charge in [0.1, 0.15) is 17.7 Å². The van der Waals surface area contributed by atoms with Crippen molar-refractivity contribution in [2.24, 2.45) is 0 Å². The van der Waals surface area contributed by atoms with E-state index in [1.807, 2.05) is 0 Å². The molecule has 2 aromatic rings. The SMILES string of the molecule is COc1ccc(C(O)c2cccc(Cl)c2F)cc1. The molecule has 0 aliphatic carbocycles. The van der Waals surface area contributed by atoms with E-state index in [1.165, 1.54) is 12.1 Å². The van der Waals surface area contributed by atoms with Crippen LogP contribution in [0.3, 0.4) is 0 Å². The minimum absolute atomic E-state index is 0.0000571. The average Bonchev–Trinajstić information content (AvgIpc) is 2.41. The molecule has 0 fully saturated rings. The van der Waals surface area contributed by atoms with Crippen LogP contribution < -0.4 is 4.74 Å². The molecule has 1 unspecified atom stereocenters. The first kappa shape index (κ1) is 12.9. The van der Waals surface area contributed by atoms with Gasteiger partial charge in [-0.1, -0.05) is 35.9 Å². The molecule has 1 N–H and O–H groups in total. The maximum atomic E-state index is 13.8. The van der Waals surface area contributed by atoms with E-state index in [0.29, 0.717) is 11.3 Å². The number of aliphatic hydroxyl groups excluding tert-OH is 1. The van der Waals surface area contributed by atoms with Crippen LogP contribution in [0, 0.1) is 5.82 Å². The van der Waals surface area contributed by atoms with E-state index in [9.17, 15) is 9.50 Å². The molecule has 2 rings (SSSR count). The van der Waals surface area contributed by atoms with Crippen LogP contribution in [0.4, 0.5) is 4.39 Å². The Hall–Kier alpha value is -1.58. The fourth-order valence-electron chi connectivity index (χ4n) is 1.70. The van der Waals surface area contributed by atoms with Crippen LogP contribution in [-0.4, -0.2) is 12.2 Å². The molecule has 0 aromatic heterocycles. The highest BCUT2D eigenvalue weighted by Crippen LogP contribution is 2.28. The second-order valence-electron chi connectivity index (χ2n) is 3.82. The standard InChI is InChI=1S/C14H12ClFO2/c1-18-10-7-5-9(6-8-10)14(17)11-3-2-4-12(15)13(11)16/h2-8,14,17H,1H3. The molecule has 0 spiro atoms. The third-order valence-electron chi connectivity index (χ3n) is 2.71. The lowest BCUT2D eigenvalue weighted by Crippen LogP contribution is -2.02. The van der Waals surface area contributed by atoms with Gasteiger partial charge in [-0.3, -0.25) is 0 Å². The summed E-state index contributed by atoms with van der Waals surface area (Å²) in [4.78, 5) is 0. The van der Waals surface area contributed by atoms with E-state index in [2.05, 4.69) is 0 Å². The Bertz CT molecular complexity index is 540. The Morgan fingerprint density at radius 1 is 1.17 bits per heavy atom. The van der Waals surface area contributed by atoms with Crippen molar-refractivity contribution in [3.05, 3.63) is 64.4 Å². The van der Waals surface area contributed by atoms with E-state index >= 15 is 0 Å². The Kier molecular flexibility index (Phi) is 3.84. The van der Waals surface area contributed by atoms with Crippen LogP contribution in [0.25, 0.3) is 0 Å². The van der Waals surface area contributed by atoms with Crippen molar-refractivity contribution >= 4 is 11.6 Å². The fraction of sp³-hybridized carbons (Fsp3) is 0.143. The van der Waals surface area contributed by atoms with Crippen molar-refractivity contribution in [1.82, 2.24) is 0 Å². The Morgan fingerprint density at radius 2 is 1.83 bits per heavy atom. The third kappa shape index (κ3) is 2.47. The smallest absolute Gasteiger partial charge is 0.147 e. The number of halogens is 2. The quantitative estimate of drug-likeness (QED) is 0.920. The first-order valence-corrected chi connectivity index (χ1v) is 5.77. The van der Waals surface area contributed by atoms with Crippen molar-refractivity contribution in [3.8, 4) is 5.75 Å². The van der Waals surface area contributed by atoms with Gasteiger partial charge in [0, 0.05) is 5.56 Å². The van der Waals surface area contributed by atoms with Crippen LogP contribution in [0.5, 0.6) is 5.75 Å². The number of hydrogen-bond acceptors (Lipinski definition) is 2. The molecule has 2 nitrogen and oxygen atoms in total. The van der Waals surface area contributed by atoms with Gasteiger partial charge < -0.3 is 9.84 Å². The summed E-state index contributed by atoms with van der Waals surface area (Å²) in [5, 5.41) is 10.1. The maximum Gasteiger partial charge on any atom is 0.147 e. The minimum atomic E-state index is -1.05. The first-order chi connectivity index (χ1) is 8.63. The van der Waals surface area contributed by atoms with Crippen LogP contribution in [-0.2, 0) is 0 Å². The summed E-state index contributed by atoms with van der Waals surface area (Å²) < 4.78 is 18.8. The molecule has 0 radical (unpaired) electrons. The normalized spacial score (nSPS) is 12.2. The van der Waals surface area contributed by atoms with Gasteiger partial charge in [-0.25, -0.2) is 4.39 Å². The van der Waals surface area contributed by atoms with Gasteiger partial charge in [0.05, 0.1) is 12.1 Å². The van der Waals surface area contributed by atoms with Crippen LogP contribution in [0.1, 0.15) is 17.2 Å². The molecule has 0 heterocycles. The number of rotatable bonds is 3. The lowest BCUT2D eigenvalue weighted by Gasteiger charge is -2.13. The first-order valence-electron chi connectivity index (χ1n) is 5.39. The maximum absolute atomic E-state index is 13.8. The van der Waals surface area contributed by atoms with Crippen LogP contribution >= 0.6 is 11.6 Å². The zero-order valence-electron chi connectivity index (χ0n) is 9.73. The summed E-state index contributed by atoms with van der Waals surface area (Å²) in [6.07, 6.45) is -1.05. The molecule has 0 aliphatic rings. The van der Waals surface area contributed by atoms with Crippen LogP contribution in [0.2, 0.25) is 5.02 Å². The molecule has 94 valence electrons. The molecule has 0 saturated heterocycles. The summed E-state index contributed by atoms with van der Waals surface area (Å²) in [5.74, 6) is 0.0833. The van der Waals surface area contributed by atoms with E-state index in [-0.39, 0.29) is 10.6 Å². The van der Waals surface area contributed by atoms with E-state index in [0.717, 1.165) is 0 Å². The second-order valence-corrected chi connectivity index (χ2v) is 4.23. The zero-order chi connectivity index (χ0) is 13.1. The predicted molar refractivity (Wildman–Crippen MR) is 68.5 cm³/mol. The molecule has 0 saturated carbocycles. The summed E-state index contributed by atoms with van der Waals surface area (Å²) in [5.41, 5.74) is 0.740. The highest BCUT2D eigenvalue weighted by molar-refractivity contribution is 6.30. The highest BCUT2D eigenvalue weighted by Gasteiger charge is 2.16. The van der Waals surface area contributed by atoms with Crippen molar-refractivity contribution in [1.29, 1.82) is 0 Å².